The lowest BCUT2D eigenvalue weighted by atomic mass is 9.82. The summed E-state index contributed by atoms with van der Waals surface area (Å²) in [6.45, 7) is 4.72. The summed E-state index contributed by atoms with van der Waals surface area (Å²) in [4.78, 5) is 0. The molecule has 0 atom stereocenters. The van der Waals surface area contributed by atoms with Crippen LogP contribution in [-0.2, 0) is 5.41 Å². The number of benzene rings is 8. The van der Waals surface area contributed by atoms with E-state index in [-0.39, 0.29) is 5.41 Å². The van der Waals surface area contributed by atoms with Gasteiger partial charge in [0.2, 0.25) is 0 Å². The van der Waals surface area contributed by atoms with Crippen LogP contribution in [0.3, 0.4) is 0 Å². The molecule has 1 heterocycles. The Bertz CT molecular complexity index is 2690. The Morgan fingerprint density at radius 2 is 0.913 bits per heavy atom. The average Bonchev–Trinajstić information content (AvgIpc) is 3.56. The smallest absolute Gasteiger partial charge is 0.0547 e. The van der Waals surface area contributed by atoms with Crippen LogP contribution < -0.4 is 0 Å². The first kappa shape index (κ1) is 25.6. The standard InChI is InChI=1S/C45H31N/c1-45(2)39-18-9-7-17-37(39)44-40(45)19-11-21-42(44)46-41-20-10-8-16-35(41)36-25-23-29(27-43(36)46)28-22-24-34-32-14-4-3-12-30(32)31-13-5-6-15-33(31)38(34)26-28/h3-27H,1-2H3. The maximum atomic E-state index is 2.51. The fraction of sp³-hybridized carbons (Fsp3) is 0.0667. The summed E-state index contributed by atoms with van der Waals surface area (Å²) in [5, 5.41) is 10.4. The summed E-state index contributed by atoms with van der Waals surface area (Å²) >= 11 is 0. The molecule has 0 bridgehead atoms. The van der Waals surface area contributed by atoms with Crippen LogP contribution in [0.5, 0.6) is 0 Å². The second-order valence-electron chi connectivity index (χ2n) is 13.3. The van der Waals surface area contributed by atoms with Crippen LogP contribution in [0.1, 0.15) is 25.0 Å². The molecule has 0 spiro atoms. The number of hydrogen-bond donors (Lipinski definition) is 0. The molecule has 9 aromatic rings. The highest BCUT2D eigenvalue weighted by Crippen LogP contribution is 2.51. The largest absolute Gasteiger partial charge is 0.309 e. The molecule has 216 valence electrons. The zero-order valence-electron chi connectivity index (χ0n) is 25.9. The lowest BCUT2D eigenvalue weighted by Gasteiger charge is -2.22. The number of rotatable bonds is 2. The van der Waals surface area contributed by atoms with Gasteiger partial charge in [0, 0.05) is 21.8 Å². The van der Waals surface area contributed by atoms with E-state index in [0.29, 0.717) is 0 Å². The van der Waals surface area contributed by atoms with Gasteiger partial charge in [-0.05, 0) is 84.4 Å². The lowest BCUT2D eigenvalue weighted by molar-refractivity contribution is 0.660. The summed E-state index contributed by atoms with van der Waals surface area (Å²) < 4.78 is 2.51. The molecule has 0 unspecified atom stereocenters. The first-order chi connectivity index (χ1) is 22.6. The summed E-state index contributed by atoms with van der Waals surface area (Å²) in [5.41, 5.74) is 11.6. The molecule has 0 aliphatic heterocycles. The fourth-order valence-electron chi connectivity index (χ4n) is 8.42. The average molecular weight is 586 g/mol. The molecule has 0 saturated heterocycles. The molecule has 1 aliphatic carbocycles. The quantitative estimate of drug-likeness (QED) is 0.178. The first-order valence-electron chi connectivity index (χ1n) is 16.2. The van der Waals surface area contributed by atoms with E-state index in [4.69, 9.17) is 0 Å². The van der Waals surface area contributed by atoms with Gasteiger partial charge >= 0.3 is 0 Å². The van der Waals surface area contributed by atoms with E-state index in [9.17, 15) is 0 Å². The molecular formula is C45H31N. The van der Waals surface area contributed by atoms with Gasteiger partial charge in [-0.3, -0.25) is 0 Å². The Hall–Kier alpha value is -5.66. The maximum absolute atomic E-state index is 2.51. The predicted molar refractivity (Wildman–Crippen MR) is 196 cm³/mol. The van der Waals surface area contributed by atoms with Crippen LogP contribution in [0.4, 0.5) is 0 Å². The van der Waals surface area contributed by atoms with Crippen LogP contribution in [-0.4, -0.2) is 4.57 Å². The predicted octanol–water partition coefficient (Wildman–Crippen LogP) is 12.2. The Labute approximate surface area is 268 Å². The highest BCUT2D eigenvalue weighted by molar-refractivity contribution is 6.25. The third-order valence-electron chi connectivity index (χ3n) is 10.6. The topological polar surface area (TPSA) is 4.93 Å². The monoisotopic (exact) mass is 585 g/mol. The summed E-state index contributed by atoms with van der Waals surface area (Å²) in [6, 6.07) is 56.4. The van der Waals surface area contributed by atoms with Crippen LogP contribution >= 0.6 is 0 Å². The molecule has 1 heteroatoms. The van der Waals surface area contributed by atoms with Crippen molar-refractivity contribution in [3.05, 3.63) is 163 Å². The number of hydrogen-bond acceptors (Lipinski definition) is 0. The van der Waals surface area contributed by atoms with Gasteiger partial charge in [0.1, 0.15) is 0 Å². The van der Waals surface area contributed by atoms with Crippen molar-refractivity contribution in [2.45, 2.75) is 19.3 Å². The van der Waals surface area contributed by atoms with Crippen molar-refractivity contribution >= 4 is 54.1 Å². The van der Waals surface area contributed by atoms with E-state index in [1.165, 1.54) is 93.2 Å². The van der Waals surface area contributed by atoms with Crippen molar-refractivity contribution < 1.29 is 0 Å². The molecule has 1 aromatic heterocycles. The Morgan fingerprint density at radius 1 is 0.391 bits per heavy atom. The molecule has 8 aromatic carbocycles. The van der Waals surface area contributed by atoms with E-state index < -0.39 is 0 Å². The van der Waals surface area contributed by atoms with Crippen molar-refractivity contribution in [2.24, 2.45) is 0 Å². The van der Waals surface area contributed by atoms with Crippen molar-refractivity contribution in [2.75, 3.05) is 0 Å². The van der Waals surface area contributed by atoms with Gasteiger partial charge in [-0.2, -0.15) is 0 Å². The Kier molecular flexibility index (Phi) is 5.12. The van der Waals surface area contributed by atoms with Crippen molar-refractivity contribution in [3.63, 3.8) is 0 Å². The van der Waals surface area contributed by atoms with Crippen LogP contribution in [0.25, 0.3) is 82.1 Å². The van der Waals surface area contributed by atoms with E-state index in [2.05, 4.69) is 170 Å². The van der Waals surface area contributed by atoms with Gasteiger partial charge in [-0.1, -0.05) is 141 Å². The minimum atomic E-state index is -0.0517. The summed E-state index contributed by atoms with van der Waals surface area (Å²) in [6.07, 6.45) is 0. The van der Waals surface area contributed by atoms with E-state index in [0.717, 1.165) is 0 Å². The second-order valence-corrected chi connectivity index (χ2v) is 13.3. The minimum Gasteiger partial charge on any atom is -0.309 e. The number of nitrogens with zero attached hydrogens (tertiary/aromatic N) is 1. The van der Waals surface area contributed by atoms with Gasteiger partial charge < -0.3 is 4.57 Å². The van der Waals surface area contributed by atoms with Crippen LogP contribution in [0.15, 0.2) is 152 Å². The van der Waals surface area contributed by atoms with Gasteiger partial charge in [-0.15, -0.1) is 0 Å². The van der Waals surface area contributed by atoms with E-state index in [1.807, 2.05) is 0 Å². The zero-order chi connectivity index (χ0) is 30.6. The highest BCUT2D eigenvalue weighted by atomic mass is 15.0. The van der Waals surface area contributed by atoms with Gasteiger partial charge in [0.25, 0.3) is 0 Å². The first-order valence-corrected chi connectivity index (χ1v) is 16.2. The third-order valence-corrected chi connectivity index (χ3v) is 10.6. The van der Waals surface area contributed by atoms with E-state index in [1.54, 1.807) is 0 Å². The molecule has 0 fully saturated rings. The van der Waals surface area contributed by atoms with Gasteiger partial charge in [0.15, 0.2) is 0 Å². The molecular weight excluding hydrogens is 555 g/mol. The van der Waals surface area contributed by atoms with Gasteiger partial charge in [-0.25, -0.2) is 0 Å². The lowest BCUT2D eigenvalue weighted by Crippen LogP contribution is -2.14. The SMILES string of the molecule is CC1(C)c2ccccc2-c2c(-n3c4ccccc4c4ccc(-c5ccc6c7ccccc7c7ccccc7c6c5)cc43)cccc21. The molecule has 0 N–H and O–H groups in total. The molecule has 0 radical (unpaired) electrons. The fourth-order valence-corrected chi connectivity index (χ4v) is 8.42. The number of para-hydroxylation sites is 1. The van der Waals surface area contributed by atoms with Crippen LogP contribution in [0, 0.1) is 0 Å². The maximum Gasteiger partial charge on any atom is 0.0547 e. The summed E-state index contributed by atoms with van der Waals surface area (Å²) in [7, 11) is 0. The highest BCUT2D eigenvalue weighted by Gasteiger charge is 2.37. The zero-order valence-corrected chi connectivity index (χ0v) is 25.9. The summed E-state index contributed by atoms with van der Waals surface area (Å²) in [5.74, 6) is 0. The normalized spacial score (nSPS) is 13.6. The molecule has 1 aliphatic rings. The molecule has 0 amide bonds. The molecule has 0 saturated carbocycles. The molecule has 1 nitrogen and oxygen atoms in total. The number of aromatic nitrogens is 1. The van der Waals surface area contributed by atoms with E-state index >= 15 is 0 Å². The Morgan fingerprint density at radius 3 is 1.65 bits per heavy atom. The van der Waals surface area contributed by atoms with Crippen molar-refractivity contribution in [1.29, 1.82) is 0 Å². The van der Waals surface area contributed by atoms with Crippen LogP contribution in [0.2, 0.25) is 0 Å². The van der Waals surface area contributed by atoms with Gasteiger partial charge in [0.05, 0.1) is 16.7 Å². The third kappa shape index (κ3) is 3.35. The molecule has 46 heavy (non-hydrogen) atoms. The van der Waals surface area contributed by atoms with Crippen molar-refractivity contribution in [1.82, 2.24) is 4.57 Å². The minimum absolute atomic E-state index is 0.0517. The Balaban J connectivity index is 1.26. The number of fused-ring (bicyclic) bond motifs is 12. The van der Waals surface area contributed by atoms with Crippen molar-refractivity contribution in [3.8, 4) is 27.9 Å². The molecule has 10 rings (SSSR count). The second kappa shape index (κ2) is 9.19.